The van der Waals surface area contributed by atoms with Crippen molar-refractivity contribution in [1.29, 1.82) is 0 Å². The van der Waals surface area contributed by atoms with E-state index in [9.17, 15) is 13.0 Å². The highest BCUT2D eigenvalue weighted by Gasteiger charge is 2.10. The molecule has 0 aliphatic carbocycles. The van der Waals surface area contributed by atoms with Gasteiger partial charge in [-0.15, -0.1) is 0 Å². The molecule has 0 heterocycles. The van der Waals surface area contributed by atoms with Gasteiger partial charge < -0.3 is 10.1 Å². The molecule has 0 aliphatic rings. The Labute approximate surface area is 125 Å². The van der Waals surface area contributed by atoms with Crippen molar-refractivity contribution in [2.75, 3.05) is 12.8 Å². The topological polar surface area (TPSA) is 38.3 Å². The molecular weight excluding hydrogens is 308 g/mol. The zero-order valence-corrected chi connectivity index (χ0v) is 12.9. The molecule has 0 radical (unpaired) electrons. The van der Waals surface area contributed by atoms with E-state index in [4.69, 9.17) is 11.6 Å². The Bertz CT molecular complexity index is 460. The van der Waals surface area contributed by atoms with Gasteiger partial charge in [0.05, 0.1) is 0 Å². The minimum atomic E-state index is -2.86. The lowest BCUT2D eigenvalue weighted by atomic mass is 10.2. The molecule has 7 heteroatoms. The normalized spacial score (nSPS) is 14.3. The number of rotatable bonds is 8. The fourth-order valence-corrected chi connectivity index (χ4v) is 2.24. The summed E-state index contributed by atoms with van der Waals surface area (Å²) in [4.78, 5) is 0. The lowest BCUT2D eigenvalue weighted by Crippen LogP contribution is -2.21. The van der Waals surface area contributed by atoms with Gasteiger partial charge in [0.25, 0.3) is 0 Å². The van der Waals surface area contributed by atoms with Crippen molar-refractivity contribution in [1.82, 2.24) is 5.32 Å². The van der Waals surface area contributed by atoms with E-state index < -0.39 is 17.4 Å². The van der Waals surface area contributed by atoms with Crippen molar-refractivity contribution in [3.63, 3.8) is 0 Å². The van der Waals surface area contributed by atoms with Gasteiger partial charge >= 0.3 is 6.61 Å². The van der Waals surface area contributed by atoms with Crippen molar-refractivity contribution < 1.29 is 17.7 Å². The van der Waals surface area contributed by atoms with Crippen LogP contribution in [0.15, 0.2) is 18.2 Å². The smallest absolute Gasteiger partial charge is 0.387 e. The second-order valence-electron chi connectivity index (χ2n) is 4.41. The summed E-state index contributed by atoms with van der Waals surface area (Å²) in [5, 5.41) is 3.67. The molecule has 1 N–H and O–H groups in total. The number of alkyl halides is 2. The molecule has 2 atom stereocenters. The molecule has 0 aliphatic heterocycles. The van der Waals surface area contributed by atoms with Gasteiger partial charge in [-0.3, -0.25) is 4.21 Å². The third-order valence-electron chi connectivity index (χ3n) is 2.85. The van der Waals surface area contributed by atoms with E-state index in [1.165, 1.54) is 12.1 Å². The fraction of sp³-hybridized carbons (Fsp3) is 0.538. The predicted octanol–water partition coefficient (Wildman–Crippen LogP) is 3.19. The first-order valence-electron chi connectivity index (χ1n) is 6.16. The molecule has 20 heavy (non-hydrogen) atoms. The van der Waals surface area contributed by atoms with E-state index in [-0.39, 0.29) is 11.0 Å². The van der Waals surface area contributed by atoms with Gasteiger partial charge in [0.1, 0.15) is 5.75 Å². The fourth-order valence-electron chi connectivity index (χ4n) is 1.59. The molecule has 0 saturated heterocycles. The second kappa shape index (κ2) is 8.54. The lowest BCUT2D eigenvalue weighted by molar-refractivity contribution is -0.0504. The number of halogens is 3. The number of benzene rings is 1. The van der Waals surface area contributed by atoms with Crippen LogP contribution in [0.4, 0.5) is 8.78 Å². The van der Waals surface area contributed by atoms with Crippen LogP contribution < -0.4 is 10.1 Å². The number of ether oxygens (including phenoxy) is 1. The van der Waals surface area contributed by atoms with Crippen LogP contribution >= 0.6 is 11.6 Å². The number of hydrogen-bond donors (Lipinski definition) is 1. The minimum absolute atomic E-state index is 0.0960. The molecule has 0 bridgehead atoms. The summed E-state index contributed by atoms with van der Waals surface area (Å²) in [5.74, 6) is 0.115. The van der Waals surface area contributed by atoms with Crippen molar-refractivity contribution >= 4 is 22.4 Å². The summed E-state index contributed by atoms with van der Waals surface area (Å²) in [5.41, 5.74) is 0.572. The van der Waals surface area contributed by atoms with Crippen LogP contribution in [0.5, 0.6) is 5.75 Å². The third-order valence-corrected chi connectivity index (χ3v) is 4.45. The van der Waals surface area contributed by atoms with Gasteiger partial charge in [-0.1, -0.05) is 18.5 Å². The summed E-state index contributed by atoms with van der Waals surface area (Å²) >= 11 is 5.85. The first kappa shape index (κ1) is 17.3. The molecule has 0 amide bonds. The zero-order chi connectivity index (χ0) is 15.1. The van der Waals surface area contributed by atoms with E-state index in [1.54, 1.807) is 12.3 Å². The predicted molar refractivity (Wildman–Crippen MR) is 77.9 cm³/mol. The van der Waals surface area contributed by atoms with Crippen LogP contribution in [0, 0.1) is 0 Å². The highest BCUT2D eigenvalue weighted by Crippen LogP contribution is 2.24. The molecule has 0 spiro atoms. The summed E-state index contributed by atoms with van der Waals surface area (Å²) in [6.07, 6.45) is 2.41. The molecule has 1 aromatic carbocycles. The monoisotopic (exact) mass is 325 g/mol. The van der Waals surface area contributed by atoms with Crippen LogP contribution in [0.3, 0.4) is 0 Å². The van der Waals surface area contributed by atoms with Crippen LogP contribution in [-0.2, 0) is 17.3 Å². The molecule has 1 rings (SSSR count). The highest BCUT2D eigenvalue weighted by atomic mass is 35.5. The summed E-state index contributed by atoms with van der Waals surface area (Å²) in [7, 11) is -0.859. The van der Waals surface area contributed by atoms with E-state index >= 15 is 0 Å². The molecule has 3 nitrogen and oxygen atoms in total. The van der Waals surface area contributed by atoms with Gasteiger partial charge in [0, 0.05) is 39.4 Å². The van der Waals surface area contributed by atoms with Gasteiger partial charge in [-0.2, -0.15) is 8.78 Å². The van der Waals surface area contributed by atoms with Gasteiger partial charge in [0.2, 0.25) is 0 Å². The lowest BCUT2D eigenvalue weighted by Gasteiger charge is -2.13. The van der Waals surface area contributed by atoms with Gasteiger partial charge in [0.15, 0.2) is 0 Å². The van der Waals surface area contributed by atoms with Crippen LogP contribution in [-0.4, -0.2) is 28.9 Å². The van der Waals surface area contributed by atoms with Crippen molar-refractivity contribution in [2.24, 2.45) is 0 Å². The van der Waals surface area contributed by atoms with Crippen molar-refractivity contribution in [2.45, 2.75) is 31.8 Å². The van der Waals surface area contributed by atoms with E-state index in [2.05, 4.69) is 10.1 Å². The van der Waals surface area contributed by atoms with Gasteiger partial charge in [-0.05, 0) is 31.2 Å². The molecule has 0 saturated carbocycles. The Morgan fingerprint density at radius 3 is 2.75 bits per heavy atom. The van der Waals surface area contributed by atoms with E-state index in [0.717, 1.165) is 6.42 Å². The molecule has 1 aromatic rings. The van der Waals surface area contributed by atoms with Crippen LogP contribution in [0.2, 0.25) is 5.02 Å². The maximum absolute atomic E-state index is 12.3. The second-order valence-corrected chi connectivity index (χ2v) is 6.64. The Morgan fingerprint density at radius 1 is 1.45 bits per heavy atom. The zero-order valence-electron chi connectivity index (χ0n) is 11.4. The molecule has 0 aromatic heterocycles. The maximum Gasteiger partial charge on any atom is 0.387 e. The van der Waals surface area contributed by atoms with Gasteiger partial charge in [-0.25, -0.2) is 0 Å². The first-order chi connectivity index (χ1) is 9.40. The van der Waals surface area contributed by atoms with E-state index in [1.807, 2.05) is 6.92 Å². The molecule has 2 unspecified atom stereocenters. The summed E-state index contributed by atoms with van der Waals surface area (Å²) in [6, 6.07) is 4.52. The summed E-state index contributed by atoms with van der Waals surface area (Å²) < 4.78 is 40.2. The Balaban J connectivity index is 2.53. The average molecular weight is 326 g/mol. The third kappa shape index (κ3) is 6.15. The Morgan fingerprint density at radius 2 is 2.15 bits per heavy atom. The molecule has 0 fully saturated rings. The number of nitrogens with one attached hydrogen (secondary N) is 1. The summed E-state index contributed by atoms with van der Waals surface area (Å²) in [6.45, 7) is 0.0488. The number of hydrogen-bond acceptors (Lipinski definition) is 3. The Hall–Kier alpha value is -0.720. The van der Waals surface area contributed by atoms with E-state index in [0.29, 0.717) is 23.7 Å². The molecular formula is C13H18ClF2NO2S. The SMILES string of the molecule is CC(CCNCc1cc(Cl)ccc1OC(F)F)S(C)=O. The molecule has 114 valence electrons. The first-order valence-corrected chi connectivity index (χ1v) is 8.16. The quantitative estimate of drug-likeness (QED) is 0.746. The maximum atomic E-state index is 12.3. The van der Waals surface area contributed by atoms with Crippen molar-refractivity contribution in [3.8, 4) is 5.75 Å². The van der Waals surface area contributed by atoms with Crippen LogP contribution in [0.1, 0.15) is 18.9 Å². The van der Waals surface area contributed by atoms with Crippen molar-refractivity contribution in [3.05, 3.63) is 28.8 Å². The average Bonchev–Trinajstić information content (AvgIpc) is 2.36. The largest absolute Gasteiger partial charge is 0.434 e. The standard InChI is InChI=1S/C13H18ClF2NO2S/c1-9(20(2)18)5-6-17-8-10-7-11(14)3-4-12(10)19-13(15)16/h3-4,7,9,13,17H,5-6,8H2,1-2H3. The van der Waals surface area contributed by atoms with Crippen LogP contribution in [0.25, 0.3) is 0 Å². The highest BCUT2D eigenvalue weighted by molar-refractivity contribution is 7.84. The Kier molecular flexibility index (Phi) is 7.40. The minimum Gasteiger partial charge on any atom is -0.434 e.